The molecule has 0 heterocycles. The number of rotatable bonds is 3. The normalized spacial score (nSPS) is 8.17. The van der Waals surface area contributed by atoms with Gasteiger partial charge >= 0.3 is 0 Å². The average molecular weight is 103 g/mol. The van der Waals surface area contributed by atoms with Crippen LogP contribution in [0.4, 0.5) is 0 Å². The number of nitrogens with one attached hydrogen (secondary N) is 1. The first kappa shape index (κ1) is 6.05. The molecule has 0 saturated carbocycles. The summed E-state index contributed by atoms with van der Waals surface area (Å²) >= 11 is 1.60. The summed E-state index contributed by atoms with van der Waals surface area (Å²) < 4.78 is 3.00. The molecule has 0 aromatic carbocycles. The van der Waals surface area contributed by atoms with Gasteiger partial charge in [0.25, 0.3) is 0 Å². The van der Waals surface area contributed by atoms with E-state index >= 15 is 0 Å². The molecular formula is C4H9NS. The highest BCUT2D eigenvalue weighted by atomic mass is 32.2. The molecule has 1 nitrogen and oxygen atoms in total. The predicted molar refractivity (Wildman–Crippen MR) is 31.7 cm³/mol. The van der Waals surface area contributed by atoms with Crippen LogP contribution in [0.1, 0.15) is 0 Å². The minimum absolute atomic E-state index is 0.890. The Bertz CT molecular complexity index is 36.5. The van der Waals surface area contributed by atoms with E-state index in [-0.39, 0.29) is 0 Å². The maximum Gasteiger partial charge on any atom is 0.0236 e. The Hall–Kier alpha value is 0.0500. The van der Waals surface area contributed by atoms with E-state index in [4.69, 9.17) is 0 Å². The predicted octanol–water partition coefficient (Wildman–Crippen LogP) is 1.04. The maximum absolute atomic E-state index is 3.52. The molecule has 0 aliphatic heterocycles. The molecule has 0 rings (SSSR count). The van der Waals surface area contributed by atoms with Crippen molar-refractivity contribution in [3.05, 3.63) is 12.7 Å². The molecule has 0 unspecified atom stereocenters. The third-order valence-corrected chi connectivity index (χ3v) is 0.827. The fraction of sp³-hybridized carbons (Fsp3) is 0.500. The van der Waals surface area contributed by atoms with E-state index in [0.717, 1.165) is 6.54 Å². The average Bonchev–Trinajstić information content (AvgIpc) is 1.61. The van der Waals surface area contributed by atoms with Gasteiger partial charge in [-0.05, 0) is 6.26 Å². The topological polar surface area (TPSA) is 12.0 Å². The lowest BCUT2D eigenvalue weighted by atomic mass is 10.7. The zero-order chi connectivity index (χ0) is 4.83. The molecule has 2 heteroatoms. The molecule has 0 fully saturated rings. The fourth-order valence-corrected chi connectivity index (χ4v) is 0.427. The van der Waals surface area contributed by atoms with Gasteiger partial charge in [0.2, 0.25) is 0 Å². The zero-order valence-electron chi connectivity index (χ0n) is 3.90. The molecule has 0 aromatic rings. The van der Waals surface area contributed by atoms with Crippen LogP contribution >= 0.6 is 11.9 Å². The van der Waals surface area contributed by atoms with E-state index < -0.39 is 0 Å². The molecule has 0 aromatic heterocycles. The summed E-state index contributed by atoms with van der Waals surface area (Å²) in [4.78, 5) is 0. The van der Waals surface area contributed by atoms with Crippen molar-refractivity contribution in [2.45, 2.75) is 0 Å². The van der Waals surface area contributed by atoms with Gasteiger partial charge in [0, 0.05) is 6.54 Å². The van der Waals surface area contributed by atoms with Crippen molar-refractivity contribution in [2.24, 2.45) is 0 Å². The van der Waals surface area contributed by atoms with Crippen LogP contribution in [-0.4, -0.2) is 12.8 Å². The molecule has 36 valence electrons. The summed E-state index contributed by atoms with van der Waals surface area (Å²) in [6, 6.07) is 0. The highest BCUT2D eigenvalue weighted by molar-refractivity contribution is 7.96. The Labute approximate surface area is 43.0 Å². The van der Waals surface area contributed by atoms with Gasteiger partial charge in [0.1, 0.15) is 0 Å². The van der Waals surface area contributed by atoms with Crippen LogP contribution in [0.3, 0.4) is 0 Å². The highest BCUT2D eigenvalue weighted by Gasteiger charge is 1.66. The summed E-state index contributed by atoms with van der Waals surface area (Å²) in [7, 11) is 0. The van der Waals surface area contributed by atoms with E-state index in [1.807, 2.05) is 12.3 Å². The first-order valence-corrected chi connectivity index (χ1v) is 3.01. The molecule has 0 aliphatic carbocycles. The molecule has 6 heavy (non-hydrogen) atoms. The molecule has 0 bridgehead atoms. The molecule has 0 aliphatic rings. The second-order valence-electron chi connectivity index (χ2n) is 0.841. The first-order chi connectivity index (χ1) is 2.91. The van der Waals surface area contributed by atoms with Crippen molar-refractivity contribution >= 4 is 11.9 Å². The van der Waals surface area contributed by atoms with E-state index in [0.29, 0.717) is 0 Å². The van der Waals surface area contributed by atoms with Gasteiger partial charge in [-0.15, -0.1) is 6.58 Å². The van der Waals surface area contributed by atoms with Crippen molar-refractivity contribution in [2.75, 3.05) is 12.8 Å². The SMILES string of the molecule is C=CCNSC. The molecule has 0 saturated heterocycles. The quantitative estimate of drug-likeness (QED) is 0.325. The minimum Gasteiger partial charge on any atom is -0.261 e. The van der Waals surface area contributed by atoms with Crippen LogP contribution < -0.4 is 4.72 Å². The largest absolute Gasteiger partial charge is 0.261 e. The monoisotopic (exact) mass is 103 g/mol. The van der Waals surface area contributed by atoms with Crippen molar-refractivity contribution in [1.82, 2.24) is 4.72 Å². The van der Waals surface area contributed by atoms with Gasteiger partial charge in [-0.3, -0.25) is 4.72 Å². The standard InChI is InChI=1S/C4H9NS/c1-3-4-5-6-2/h3,5H,1,4H2,2H3. The third kappa shape index (κ3) is 4.05. The van der Waals surface area contributed by atoms with Crippen LogP contribution in [0.25, 0.3) is 0 Å². The smallest absolute Gasteiger partial charge is 0.0236 e. The van der Waals surface area contributed by atoms with Crippen LogP contribution in [0.15, 0.2) is 12.7 Å². The maximum atomic E-state index is 3.52. The lowest BCUT2D eigenvalue weighted by Crippen LogP contribution is -1.99. The van der Waals surface area contributed by atoms with Gasteiger partial charge in [0.05, 0.1) is 0 Å². The molecule has 0 atom stereocenters. The first-order valence-electron chi connectivity index (χ1n) is 1.78. The zero-order valence-corrected chi connectivity index (χ0v) is 4.72. The van der Waals surface area contributed by atoms with E-state index in [9.17, 15) is 0 Å². The van der Waals surface area contributed by atoms with Crippen molar-refractivity contribution in [1.29, 1.82) is 0 Å². The summed E-state index contributed by atoms with van der Waals surface area (Å²) in [6.07, 6.45) is 3.82. The molecule has 0 spiro atoms. The van der Waals surface area contributed by atoms with E-state index in [2.05, 4.69) is 11.3 Å². The summed E-state index contributed by atoms with van der Waals surface area (Å²) in [6.45, 7) is 4.41. The Balaban J connectivity index is 2.49. The lowest BCUT2D eigenvalue weighted by molar-refractivity contribution is 1.14. The lowest BCUT2D eigenvalue weighted by Gasteiger charge is -1.87. The second-order valence-corrected chi connectivity index (χ2v) is 1.54. The second kappa shape index (κ2) is 5.05. The highest BCUT2D eigenvalue weighted by Crippen LogP contribution is 1.77. The van der Waals surface area contributed by atoms with Crippen LogP contribution in [0.5, 0.6) is 0 Å². The van der Waals surface area contributed by atoms with Gasteiger partial charge < -0.3 is 0 Å². The van der Waals surface area contributed by atoms with E-state index in [1.54, 1.807) is 11.9 Å². The van der Waals surface area contributed by atoms with E-state index in [1.165, 1.54) is 0 Å². The third-order valence-electron chi connectivity index (χ3n) is 0.372. The van der Waals surface area contributed by atoms with Crippen molar-refractivity contribution in [3.63, 3.8) is 0 Å². The summed E-state index contributed by atoms with van der Waals surface area (Å²) in [5.74, 6) is 0. The fourth-order valence-electron chi connectivity index (χ4n) is 0.142. The Morgan fingerprint density at radius 2 is 2.67 bits per heavy atom. The van der Waals surface area contributed by atoms with Gasteiger partial charge in [0.15, 0.2) is 0 Å². The van der Waals surface area contributed by atoms with Crippen LogP contribution in [0.2, 0.25) is 0 Å². The number of hydrogen-bond acceptors (Lipinski definition) is 2. The van der Waals surface area contributed by atoms with Gasteiger partial charge in [-0.1, -0.05) is 18.0 Å². The molecule has 0 amide bonds. The summed E-state index contributed by atoms with van der Waals surface area (Å²) in [5, 5.41) is 0. The number of hydrogen-bond donors (Lipinski definition) is 1. The Morgan fingerprint density at radius 3 is 2.83 bits per heavy atom. The van der Waals surface area contributed by atoms with Crippen molar-refractivity contribution < 1.29 is 0 Å². The van der Waals surface area contributed by atoms with Crippen molar-refractivity contribution in [3.8, 4) is 0 Å². The van der Waals surface area contributed by atoms with Crippen LogP contribution in [0, 0.1) is 0 Å². The van der Waals surface area contributed by atoms with Gasteiger partial charge in [-0.2, -0.15) is 0 Å². The van der Waals surface area contributed by atoms with Gasteiger partial charge in [-0.25, -0.2) is 0 Å². The molecule has 0 radical (unpaired) electrons. The molecule has 1 N–H and O–H groups in total. The van der Waals surface area contributed by atoms with Crippen LogP contribution in [-0.2, 0) is 0 Å². The Morgan fingerprint density at radius 1 is 2.00 bits per heavy atom. The summed E-state index contributed by atoms with van der Waals surface area (Å²) in [5.41, 5.74) is 0. The molecular weight excluding hydrogens is 94.1 g/mol. The Kier molecular flexibility index (Phi) is 5.09. The minimum atomic E-state index is 0.890.